The predicted molar refractivity (Wildman–Crippen MR) is 303 cm³/mol. The van der Waals surface area contributed by atoms with Gasteiger partial charge < -0.3 is 14.2 Å². The summed E-state index contributed by atoms with van der Waals surface area (Å²) in [5.41, 5.74) is 0. The number of carbonyl (C=O) groups excluding carboxylic acids is 3. The van der Waals surface area contributed by atoms with Crippen LogP contribution in [0.3, 0.4) is 0 Å². The van der Waals surface area contributed by atoms with Gasteiger partial charge in [-0.2, -0.15) is 0 Å². The first kappa shape index (κ1) is 68.2. The van der Waals surface area contributed by atoms with Crippen molar-refractivity contribution in [3.05, 3.63) is 12.2 Å². The molecule has 0 saturated heterocycles. The van der Waals surface area contributed by atoms with E-state index in [9.17, 15) is 14.4 Å². The number of ether oxygens (including phenoxy) is 3. The van der Waals surface area contributed by atoms with Crippen molar-refractivity contribution in [2.75, 3.05) is 13.2 Å². The first-order valence-corrected chi connectivity index (χ1v) is 31.7. The average Bonchev–Trinajstić information content (AvgIpc) is 3.36. The van der Waals surface area contributed by atoms with Crippen LogP contribution in [0.4, 0.5) is 0 Å². The van der Waals surface area contributed by atoms with E-state index in [4.69, 9.17) is 14.2 Å². The Morgan fingerprint density at radius 1 is 0.271 bits per heavy atom. The van der Waals surface area contributed by atoms with Gasteiger partial charge in [-0.3, -0.25) is 14.4 Å². The van der Waals surface area contributed by atoms with Crippen LogP contribution in [-0.2, 0) is 28.6 Å². The van der Waals surface area contributed by atoms with Crippen molar-refractivity contribution in [2.45, 2.75) is 367 Å². The van der Waals surface area contributed by atoms with Crippen LogP contribution < -0.4 is 0 Å². The molecule has 0 radical (unpaired) electrons. The molecule has 1 unspecified atom stereocenters. The third-order valence-corrected chi connectivity index (χ3v) is 14.5. The Kier molecular flexibility index (Phi) is 58.1. The van der Waals surface area contributed by atoms with Crippen molar-refractivity contribution >= 4 is 17.9 Å². The summed E-state index contributed by atoms with van der Waals surface area (Å²) >= 11 is 0. The molecule has 0 spiro atoms. The first-order chi connectivity index (χ1) is 34.5. The molecule has 0 amide bonds. The fraction of sp³-hybridized carbons (Fsp3) is 0.922. The highest BCUT2D eigenvalue weighted by atomic mass is 16.6. The molecule has 0 aliphatic heterocycles. The molecule has 0 aromatic rings. The Bertz CT molecular complexity index is 1090. The van der Waals surface area contributed by atoms with Crippen LogP contribution >= 0.6 is 0 Å². The number of hydrogen-bond acceptors (Lipinski definition) is 6. The molecule has 0 rings (SSSR count). The molecule has 0 aromatic heterocycles. The average molecular weight is 988 g/mol. The van der Waals surface area contributed by atoms with E-state index in [0.29, 0.717) is 19.3 Å². The highest BCUT2D eigenvalue weighted by molar-refractivity contribution is 5.71. The smallest absolute Gasteiger partial charge is 0.306 e. The van der Waals surface area contributed by atoms with Crippen LogP contribution in [0.25, 0.3) is 0 Å². The topological polar surface area (TPSA) is 78.9 Å². The van der Waals surface area contributed by atoms with E-state index >= 15 is 0 Å². The second-order valence-corrected chi connectivity index (χ2v) is 21.7. The predicted octanol–water partition coefficient (Wildman–Crippen LogP) is 21.3. The van der Waals surface area contributed by atoms with Gasteiger partial charge in [0.15, 0.2) is 6.10 Å². The van der Waals surface area contributed by atoms with Gasteiger partial charge in [-0.25, -0.2) is 0 Å². The van der Waals surface area contributed by atoms with Gasteiger partial charge in [-0.1, -0.05) is 309 Å². The monoisotopic (exact) mass is 987 g/mol. The summed E-state index contributed by atoms with van der Waals surface area (Å²) in [5.74, 6) is -0.846. The van der Waals surface area contributed by atoms with Crippen molar-refractivity contribution in [2.24, 2.45) is 0 Å². The summed E-state index contributed by atoms with van der Waals surface area (Å²) < 4.78 is 16.9. The minimum absolute atomic E-state index is 0.0649. The molecule has 1 atom stereocenters. The largest absolute Gasteiger partial charge is 0.462 e. The quantitative estimate of drug-likeness (QED) is 0.0261. The maximum absolute atomic E-state index is 12.8. The summed E-state index contributed by atoms with van der Waals surface area (Å²) in [4.78, 5) is 38.1. The van der Waals surface area contributed by atoms with Crippen LogP contribution in [0.15, 0.2) is 12.2 Å². The lowest BCUT2D eigenvalue weighted by molar-refractivity contribution is -0.167. The Morgan fingerprint density at radius 3 is 0.714 bits per heavy atom. The van der Waals surface area contributed by atoms with Gasteiger partial charge in [0.05, 0.1) is 0 Å². The SMILES string of the molecule is CCCCCCCC/C=C\CCCCCCCCCCCC(=O)OC(COC(=O)CCCCCCCCCC)COC(=O)CCCCCCCCCCCCCCCCCCCCCCCCCCC. The van der Waals surface area contributed by atoms with Gasteiger partial charge in [-0.15, -0.1) is 0 Å². The molecule has 414 valence electrons. The summed E-state index contributed by atoms with van der Waals surface area (Å²) in [7, 11) is 0. The number of carbonyl (C=O) groups is 3. The Morgan fingerprint density at radius 2 is 0.471 bits per heavy atom. The molecule has 0 bridgehead atoms. The summed E-state index contributed by atoms with van der Waals surface area (Å²) in [6.07, 6.45) is 69.6. The number of unbranched alkanes of at least 4 members (excludes halogenated alkanes) is 46. The van der Waals surface area contributed by atoms with Gasteiger partial charge in [0, 0.05) is 19.3 Å². The standard InChI is InChI=1S/C64H122O6/c1-4-7-10-13-16-19-21-23-25-27-29-30-31-32-33-34-36-37-39-41-43-45-48-51-54-57-63(66)69-60-61(59-68-62(65)56-53-50-47-18-15-12-9-6-3)70-64(67)58-55-52-49-46-44-42-40-38-35-28-26-24-22-20-17-14-11-8-5-2/h24,26,61H,4-23,25,27-60H2,1-3H3/b26-24-. The normalized spacial score (nSPS) is 12.0. The molecule has 0 heterocycles. The van der Waals surface area contributed by atoms with Crippen LogP contribution in [-0.4, -0.2) is 37.2 Å². The van der Waals surface area contributed by atoms with E-state index in [1.165, 1.54) is 263 Å². The zero-order valence-electron chi connectivity index (χ0n) is 47.6. The molecule has 0 saturated carbocycles. The summed E-state index contributed by atoms with van der Waals surface area (Å²) in [6, 6.07) is 0. The van der Waals surface area contributed by atoms with Gasteiger partial charge in [0.1, 0.15) is 13.2 Å². The summed E-state index contributed by atoms with van der Waals surface area (Å²) in [6.45, 7) is 6.67. The van der Waals surface area contributed by atoms with Crippen molar-refractivity contribution in [1.29, 1.82) is 0 Å². The van der Waals surface area contributed by atoms with Crippen molar-refractivity contribution in [3.8, 4) is 0 Å². The van der Waals surface area contributed by atoms with E-state index in [1.54, 1.807) is 0 Å². The summed E-state index contributed by atoms with van der Waals surface area (Å²) in [5, 5.41) is 0. The zero-order valence-corrected chi connectivity index (χ0v) is 47.6. The molecule has 0 aromatic carbocycles. The fourth-order valence-corrected chi connectivity index (χ4v) is 9.74. The van der Waals surface area contributed by atoms with Gasteiger partial charge in [0.25, 0.3) is 0 Å². The van der Waals surface area contributed by atoms with E-state index in [1.807, 2.05) is 0 Å². The lowest BCUT2D eigenvalue weighted by atomic mass is 10.0. The molecular weight excluding hydrogens is 865 g/mol. The molecule has 0 N–H and O–H groups in total. The number of esters is 3. The highest BCUT2D eigenvalue weighted by Gasteiger charge is 2.19. The van der Waals surface area contributed by atoms with Crippen molar-refractivity contribution in [3.63, 3.8) is 0 Å². The maximum atomic E-state index is 12.8. The minimum atomic E-state index is -0.765. The van der Waals surface area contributed by atoms with Crippen molar-refractivity contribution in [1.82, 2.24) is 0 Å². The first-order valence-electron chi connectivity index (χ1n) is 31.7. The Balaban J connectivity index is 4.10. The lowest BCUT2D eigenvalue weighted by Crippen LogP contribution is -2.30. The second kappa shape index (κ2) is 59.7. The fourth-order valence-electron chi connectivity index (χ4n) is 9.74. The molecular formula is C64H122O6. The van der Waals surface area contributed by atoms with Crippen molar-refractivity contribution < 1.29 is 28.6 Å². The number of rotatable bonds is 59. The Labute approximate surface area is 437 Å². The van der Waals surface area contributed by atoms with Gasteiger partial charge in [-0.05, 0) is 44.9 Å². The van der Waals surface area contributed by atoms with Crippen LogP contribution in [0.5, 0.6) is 0 Å². The van der Waals surface area contributed by atoms with Crippen LogP contribution in [0.2, 0.25) is 0 Å². The third kappa shape index (κ3) is 57.1. The number of hydrogen-bond donors (Lipinski definition) is 0. The lowest BCUT2D eigenvalue weighted by Gasteiger charge is -2.18. The molecule has 6 nitrogen and oxygen atoms in total. The second-order valence-electron chi connectivity index (χ2n) is 21.7. The van der Waals surface area contributed by atoms with Crippen LogP contribution in [0, 0.1) is 0 Å². The molecule has 0 fully saturated rings. The van der Waals surface area contributed by atoms with E-state index in [2.05, 4.69) is 32.9 Å². The highest BCUT2D eigenvalue weighted by Crippen LogP contribution is 2.18. The third-order valence-electron chi connectivity index (χ3n) is 14.5. The molecule has 0 aliphatic rings. The molecule has 0 aliphatic carbocycles. The Hall–Kier alpha value is -1.85. The molecule has 70 heavy (non-hydrogen) atoms. The molecule has 6 heteroatoms. The van der Waals surface area contributed by atoms with Crippen LogP contribution in [0.1, 0.15) is 361 Å². The van der Waals surface area contributed by atoms with Gasteiger partial charge in [0.2, 0.25) is 0 Å². The zero-order chi connectivity index (χ0) is 50.7. The maximum Gasteiger partial charge on any atom is 0.306 e. The van der Waals surface area contributed by atoms with E-state index in [-0.39, 0.29) is 31.1 Å². The minimum Gasteiger partial charge on any atom is -0.462 e. The number of allylic oxidation sites excluding steroid dienone is 2. The van der Waals surface area contributed by atoms with Gasteiger partial charge >= 0.3 is 17.9 Å². The van der Waals surface area contributed by atoms with E-state index in [0.717, 1.165) is 57.8 Å². The van der Waals surface area contributed by atoms with E-state index < -0.39 is 6.10 Å².